The van der Waals surface area contributed by atoms with Gasteiger partial charge < -0.3 is 9.11 Å². The van der Waals surface area contributed by atoms with E-state index >= 15 is 0 Å². The number of rotatable bonds is 3. The van der Waals surface area contributed by atoms with Gasteiger partial charge in [-0.3, -0.25) is 8.42 Å². The summed E-state index contributed by atoms with van der Waals surface area (Å²) >= 11 is 0. The Labute approximate surface area is 202 Å². The van der Waals surface area contributed by atoms with Crippen molar-refractivity contribution >= 4 is 21.2 Å². The Morgan fingerprint density at radius 3 is 1.58 bits per heavy atom. The number of benzene rings is 2. The van der Waals surface area contributed by atoms with Gasteiger partial charge in [0.2, 0.25) is 0 Å². The van der Waals surface area contributed by atoms with E-state index < -0.39 is 10.4 Å². The van der Waals surface area contributed by atoms with E-state index in [0.29, 0.717) is 17.8 Å². The van der Waals surface area contributed by atoms with E-state index in [2.05, 4.69) is 71.9 Å². The molecule has 0 saturated heterocycles. The molecule has 0 saturated carbocycles. The van der Waals surface area contributed by atoms with Gasteiger partial charge in [-0.15, -0.1) is 0 Å². The maximum atomic E-state index is 8.52. The van der Waals surface area contributed by atoms with Gasteiger partial charge in [0.15, 0.2) is 0 Å². The van der Waals surface area contributed by atoms with E-state index in [-0.39, 0.29) is 59.1 Å². The van der Waals surface area contributed by atoms with E-state index in [1.165, 1.54) is 16.3 Å². The van der Waals surface area contributed by atoms with Crippen LogP contribution in [0.25, 0.3) is 10.8 Å². The molecule has 0 spiro atoms. The summed E-state index contributed by atoms with van der Waals surface area (Å²) in [6.45, 7) is 13.9. The van der Waals surface area contributed by atoms with Crippen LogP contribution in [-0.4, -0.2) is 17.5 Å². The van der Waals surface area contributed by atoms with Gasteiger partial charge in [-0.2, -0.15) is 0 Å². The molecule has 2 rings (SSSR count). The van der Waals surface area contributed by atoms with Gasteiger partial charge in [-0.25, -0.2) is 0 Å². The first kappa shape index (κ1) is 28.8. The van der Waals surface area contributed by atoms with Crippen LogP contribution in [-0.2, 0) is 10.4 Å². The van der Waals surface area contributed by atoms with Gasteiger partial charge in [0.05, 0.1) is 0 Å². The fraction of sp³-hybridized carbons (Fsp3) is 0.474. The Morgan fingerprint density at radius 1 is 0.769 bits per heavy atom. The average molecular weight is 396 g/mol. The molecular weight excluding hydrogens is 370 g/mol. The minimum Gasteiger partial charge on any atom is -0.759 e. The third-order valence-electron chi connectivity index (χ3n) is 3.94. The average Bonchev–Trinajstić information content (AvgIpc) is 2.42. The van der Waals surface area contributed by atoms with Crippen molar-refractivity contribution in [3.05, 3.63) is 47.0 Å². The first-order valence-corrected chi connectivity index (χ1v) is 9.48. The van der Waals surface area contributed by atoms with Crippen LogP contribution in [0.4, 0.5) is 0 Å². The molecule has 2 aromatic rings. The molecule has 0 fully saturated rings. The number of hydrogen-bond acceptors (Lipinski definition) is 4. The van der Waals surface area contributed by atoms with Gasteiger partial charge in [0, 0.05) is 10.4 Å². The smallest absolute Gasteiger partial charge is 0.759 e. The van der Waals surface area contributed by atoms with Crippen molar-refractivity contribution in [1.29, 1.82) is 0 Å². The second-order valence-corrected chi connectivity index (χ2v) is 7.70. The Kier molecular flexibility index (Phi) is 13.5. The third kappa shape index (κ3) is 8.72. The van der Waals surface area contributed by atoms with Crippen molar-refractivity contribution in [3.8, 4) is 0 Å². The largest absolute Gasteiger partial charge is 1.00 e. The van der Waals surface area contributed by atoms with E-state index in [1.54, 1.807) is 11.1 Å². The fourth-order valence-electron chi connectivity index (χ4n) is 3.16. The number of fused-ring (bicyclic) bond motifs is 1. The van der Waals surface area contributed by atoms with Crippen molar-refractivity contribution < 1.29 is 76.6 Å². The standard InChI is InChI=1S/C19H26.2Na.H2O4S/c1-12(2)17-11-15-9-7-8-10-16(15)18(13(3)4)19(17)14(5)6;;;1-5(2,3)4/h7-14H,1-6H3;;;(H2,1,2,3,4)/q;2*+1;/p-2. The zero-order valence-corrected chi connectivity index (χ0v) is 22.0. The van der Waals surface area contributed by atoms with Crippen LogP contribution >= 0.6 is 0 Å². The van der Waals surface area contributed by atoms with Crippen LogP contribution in [0, 0.1) is 0 Å². The summed E-state index contributed by atoms with van der Waals surface area (Å²) in [5.74, 6) is 1.74. The minimum absolute atomic E-state index is 0. The molecule has 0 aromatic heterocycles. The zero-order valence-electron chi connectivity index (χ0n) is 17.2. The summed E-state index contributed by atoms with van der Waals surface area (Å²) in [7, 11) is -5.17. The molecule has 0 N–H and O–H groups in total. The maximum absolute atomic E-state index is 8.52. The molecule has 0 unspecified atom stereocenters. The number of hydrogen-bond donors (Lipinski definition) is 0. The molecular formula is C19H26Na2O4S. The Balaban J connectivity index is 0. The van der Waals surface area contributed by atoms with Crippen LogP contribution < -0.4 is 59.1 Å². The minimum atomic E-state index is -5.17. The van der Waals surface area contributed by atoms with E-state index in [4.69, 9.17) is 17.5 Å². The van der Waals surface area contributed by atoms with Crippen molar-refractivity contribution in [3.63, 3.8) is 0 Å². The molecule has 4 nitrogen and oxygen atoms in total. The summed E-state index contributed by atoms with van der Waals surface area (Å²) in [5.41, 5.74) is 4.65. The van der Waals surface area contributed by atoms with Crippen LogP contribution in [0.3, 0.4) is 0 Å². The molecule has 134 valence electrons. The normalized spacial score (nSPS) is 11.0. The van der Waals surface area contributed by atoms with Gasteiger partial charge in [-0.1, -0.05) is 71.9 Å². The monoisotopic (exact) mass is 396 g/mol. The molecule has 26 heavy (non-hydrogen) atoms. The fourth-order valence-corrected chi connectivity index (χ4v) is 3.16. The second kappa shape index (κ2) is 12.2. The van der Waals surface area contributed by atoms with Crippen LogP contribution in [0.5, 0.6) is 0 Å². The molecule has 0 bridgehead atoms. The van der Waals surface area contributed by atoms with E-state index in [0.717, 1.165) is 0 Å². The SMILES string of the molecule is CC(C)c1cc2ccccc2c(C(C)C)c1C(C)C.O=S(=O)([O-])[O-].[Na+].[Na+]. The summed E-state index contributed by atoms with van der Waals surface area (Å²) in [6.07, 6.45) is 0. The molecule has 2 aromatic carbocycles. The molecule has 0 aliphatic rings. The Bertz CT molecular complexity index is 793. The molecule has 0 aliphatic heterocycles. The van der Waals surface area contributed by atoms with Crippen molar-refractivity contribution in [1.82, 2.24) is 0 Å². The summed E-state index contributed by atoms with van der Waals surface area (Å²) < 4.78 is 34.1. The summed E-state index contributed by atoms with van der Waals surface area (Å²) in [6, 6.07) is 11.2. The topological polar surface area (TPSA) is 80.3 Å². The first-order chi connectivity index (χ1) is 10.9. The summed E-state index contributed by atoms with van der Waals surface area (Å²) in [4.78, 5) is 0. The van der Waals surface area contributed by atoms with Gasteiger partial charge in [0.25, 0.3) is 0 Å². The first-order valence-electron chi connectivity index (χ1n) is 8.15. The van der Waals surface area contributed by atoms with Crippen LogP contribution in [0.15, 0.2) is 30.3 Å². The van der Waals surface area contributed by atoms with Gasteiger partial charge in [0.1, 0.15) is 0 Å². The molecule has 0 amide bonds. The van der Waals surface area contributed by atoms with Crippen molar-refractivity contribution in [2.24, 2.45) is 0 Å². The predicted octanol–water partition coefficient (Wildman–Crippen LogP) is -1.12. The predicted molar refractivity (Wildman–Crippen MR) is 96.7 cm³/mol. The molecule has 0 aliphatic carbocycles. The second-order valence-electron chi connectivity index (χ2n) is 6.89. The molecule has 0 radical (unpaired) electrons. The molecule has 0 heterocycles. The Morgan fingerprint density at radius 2 is 1.19 bits per heavy atom. The maximum Gasteiger partial charge on any atom is 1.00 e. The van der Waals surface area contributed by atoms with Crippen LogP contribution in [0.2, 0.25) is 0 Å². The molecule has 0 atom stereocenters. The van der Waals surface area contributed by atoms with E-state index in [9.17, 15) is 0 Å². The summed E-state index contributed by atoms with van der Waals surface area (Å²) in [5, 5.41) is 2.82. The van der Waals surface area contributed by atoms with Crippen molar-refractivity contribution in [2.45, 2.75) is 59.3 Å². The van der Waals surface area contributed by atoms with Crippen molar-refractivity contribution in [2.75, 3.05) is 0 Å². The molecule has 7 heteroatoms. The van der Waals surface area contributed by atoms with Gasteiger partial charge >= 0.3 is 59.1 Å². The third-order valence-corrected chi connectivity index (χ3v) is 3.94. The zero-order chi connectivity index (χ0) is 18.7. The Hall–Kier alpha value is 0.570. The quantitative estimate of drug-likeness (QED) is 0.374. The van der Waals surface area contributed by atoms with Crippen LogP contribution in [0.1, 0.15) is 76.0 Å². The van der Waals surface area contributed by atoms with E-state index in [1.807, 2.05) is 0 Å². The van der Waals surface area contributed by atoms with Gasteiger partial charge in [-0.05, 0) is 45.2 Å².